The molecule has 0 saturated heterocycles. The smallest absolute Gasteiger partial charge is 0.269 e. The van der Waals surface area contributed by atoms with Gasteiger partial charge >= 0.3 is 0 Å². The lowest BCUT2D eigenvalue weighted by Gasteiger charge is -2.07. The number of fused-ring (bicyclic) bond motifs is 1. The van der Waals surface area contributed by atoms with Crippen LogP contribution in [-0.4, -0.2) is 17.4 Å². The maximum absolute atomic E-state index is 11.9. The predicted octanol–water partition coefficient (Wildman–Crippen LogP) is 1.96. The van der Waals surface area contributed by atoms with Crippen molar-refractivity contribution in [1.29, 1.82) is 0 Å². The van der Waals surface area contributed by atoms with Gasteiger partial charge < -0.3 is 11.1 Å². The molecule has 1 aromatic heterocycles. The van der Waals surface area contributed by atoms with Crippen LogP contribution in [0.1, 0.15) is 23.3 Å². The van der Waals surface area contributed by atoms with Crippen LogP contribution < -0.4 is 11.1 Å². The van der Waals surface area contributed by atoms with Crippen LogP contribution in [0.3, 0.4) is 0 Å². The number of unbranched alkanes of at least 4 members (excludes halogenated alkanes) is 1. The van der Waals surface area contributed by atoms with E-state index in [1.54, 1.807) is 6.07 Å². The molecule has 0 aliphatic heterocycles. The number of nitrogens with two attached hydrogens (primary N) is 1. The lowest BCUT2D eigenvalue weighted by Crippen LogP contribution is -2.25. The molecule has 2 aromatic rings. The Hall–Kier alpha value is -2.54. The van der Waals surface area contributed by atoms with Crippen molar-refractivity contribution in [3.05, 3.63) is 36.0 Å². The van der Waals surface area contributed by atoms with E-state index < -0.39 is 0 Å². The second kappa shape index (κ2) is 5.87. The molecule has 0 spiro atoms. The van der Waals surface area contributed by atoms with Crippen LogP contribution in [0, 0.1) is 12.3 Å². The van der Waals surface area contributed by atoms with Crippen LogP contribution in [-0.2, 0) is 0 Å². The van der Waals surface area contributed by atoms with E-state index in [1.165, 1.54) is 0 Å². The van der Waals surface area contributed by atoms with Crippen molar-refractivity contribution in [2.45, 2.75) is 12.8 Å². The first-order valence-electron chi connectivity index (χ1n) is 6.09. The van der Waals surface area contributed by atoms with Gasteiger partial charge in [-0.1, -0.05) is 18.2 Å². The first-order chi connectivity index (χ1) is 9.22. The van der Waals surface area contributed by atoms with Crippen LogP contribution in [0.4, 0.5) is 5.69 Å². The molecule has 2 rings (SSSR count). The second-order valence-electron chi connectivity index (χ2n) is 4.18. The minimum atomic E-state index is -0.227. The van der Waals surface area contributed by atoms with Gasteiger partial charge in [0.25, 0.3) is 5.91 Å². The van der Waals surface area contributed by atoms with E-state index in [4.69, 9.17) is 12.2 Å². The van der Waals surface area contributed by atoms with Gasteiger partial charge in [0.2, 0.25) is 0 Å². The van der Waals surface area contributed by atoms with Crippen LogP contribution in [0.5, 0.6) is 0 Å². The van der Waals surface area contributed by atoms with Crippen LogP contribution in [0.15, 0.2) is 30.3 Å². The largest absolute Gasteiger partial charge is 0.398 e. The minimum Gasteiger partial charge on any atom is -0.398 e. The molecule has 3 N–H and O–H groups in total. The number of benzene rings is 1. The molecule has 4 nitrogen and oxygen atoms in total. The summed E-state index contributed by atoms with van der Waals surface area (Å²) in [7, 11) is 0. The van der Waals surface area contributed by atoms with Gasteiger partial charge in [-0.2, -0.15) is 0 Å². The molecule has 0 aliphatic rings. The van der Waals surface area contributed by atoms with E-state index >= 15 is 0 Å². The SMILES string of the molecule is C#CCCCNC(=O)c1cc(N)c2ccccc2n1. The van der Waals surface area contributed by atoms with E-state index in [0.717, 1.165) is 17.3 Å². The summed E-state index contributed by atoms with van der Waals surface area (Å²) in [5.74, 6) is 2.30. The predicted molar refractivity (Wildman–Crippen MR) is 76.6 cm³/mol. The van der Waals surface area contributed by atoms with Gasteiger partial charge in [-0.05, 0) is 18.6 Å². The van der Waals surface area contributed by atoms with Gasteiger partial charge in [-0.15, -0.1) is 12.3 Å². The van der Waals surface area contributed by atoms with E-state index in [0.29, 0.717) is 24.3 Å². The minimum absolute atomic E-state index is 0.227. The average molecular weight is 253 g/mol. The maximum Gasteiger partial charge on any atom is 0.269 e. The van der Waals surface area contributed by atoms with Crippen molar-refractivity contribution in [3.8, 4) is 12.3 Å². The Balaban J connectivity index is 2.16. The number of hydrogen-bond acceptors (Lipinski definition) is 3. The lowest BCUT2D eigenvalue weighted by molar-refractivity contribution is 0.0949. The summed E-state index contributed by atoms with van der Waals surface area (Å²) >= 11 is 0. The highest BCUT2D eigenvalue weighted by Crippen LogP contribution is 2.19. The lowest BCUT2D eigenvalue weighted by atomic mass is 10.1. The molecule has 1 heterocycles. The zero-order chi connectivity index (χ0) is 13.7. The van der Waals surface area contributed by atoms with Crippen molar-refractivity contribution < 1.29 is 4.79 Å². The van der Waals surface area contributed by atoms with Crippen molar-refractivity contribution in [3.63, 3.8) is 0 Å². The highest BCUT2D eigenvalue weighted by molar-refractivity contribution is 5.99. The summed E-state index contributed by atoms with van der Waals surface area (Å²) in [6, 6.07) is 9.06. The molecule has 1 amide bonds. The Morgan fingerprint density at radius 3 is 3.00 bits per heavy atom. The molecule has 0 unspecified atom stereocenters. The number of aromatic nitrogens is 1. The molecule has 0 atom stereocenters. The van der Waals surface area contributed by atoms with Gasteiger partial charge in [0.15, 0.2) is 0 Å². The quantitative estimate of drug-likeness (QED) is 0.646. The number of amides is 1. The van der Waals surface area contributed by atoms with E-state index in [1.807, 2.05) is 24.3 Å². The van der Waals surface area contributed by atoms with Crippen molar-refractivity contribution in [2.75, 3.05) is 12.3 Å². The molecule has 0 aliphatic carbocycles. The summed E-state index contributed by atoms with van der Waals surface area (Å²) in [5.41, 5.74) is 7.53. The number of nitrogens with one attached hydrogen (secondary N) is 1. The number of carbonyl (C=O) groups is 1. The van der Waals surface area contributed by atoms with Crippen molar-refractivity contribution in [2.24, 2.45) is 0 Å². The molecule has 0 radical (unpaired) electrons. The molecule has 0 bridgehead atoms. The Labute approximate surface area is 112 Å². The highest BCUT2D eigenvalue weighted by atomic mass is 16.1. The number of pyridine rings is 1. The number of hydrogen-bond donors (Lipinski definition) is 2. The molecule has 19 heavy (non-hydrogen) atoms. The molecule has 1 aromatic carbocycles. The Bertz CT molecular complexity index is 643. The fourth-order valence-corrected chi connectivity index (χ4v) is 1.80. The number of terminal acetylenes is 1. The van der Waals surface area contributed by atoms with Crippen molar-refractivity contribution in [1.82, 2.24) is 10.3 Å². The monoisotopic (exact) mass is 253 g/mol. The van der Waals surface area contributed by atoms with Crippen LogP contribution in [0.25, 0.3) is 10.9 Å². The maximum atomic E-state index is 11.9. The third-order valence-corrected chi connectivity index (χ3v) is 2.76. The van der Waals surface area contributed by atoms with Gasteiger partial charge in [0.1, 0.15) is 5.69 Å². The number of carbonyl (C=O) groups excluding carboxylic acids is 1. The summed E-state index contributed by atoms with van der Waals surface area (Å²) in [5, 5.41) is 3.63. The number of para-hydroxylation sites is 1. The summed E-state index contributed by atoms with van der Waals surface area (Å²) in [4.78, 5) is 16.2. The molecular weight excluding hydrogens is 238 g/mol. The summed E-state index contributed by atoms with van der Waals surface area (Å²) in [6.45, 7) is 0.539. The standard InChI is InChI=1S/C15H15N3O/c1-2-3-6-9-17-15(19)14-10-12(16)11-7-4-5-8-13(11)18-14/h1,4-5,7-8,10H,3,6,9H2,(H2,16,18)(H,17,19). The van der Waals surface area contributed by atoms with Gasteiger partial charge in [-0.3, -0.25) is 4.79 Å². The van der Waals surface area contributed by atoms with Crippen molar-refractivity contribution >= 4 is 22.5 Å². The molecular formula is C15H15N3O. The Kier molecular flexibility index (Phi) is 3.99. The Morgan fingerprint density at radius 2 is 2.21 bits per heavy atom. The third kappa shape index (κ3) is 3.02. The number of anilines is 1. The first-order valence-corrected chi connectivity index (χ1v) is 6.09. The molecule has 96 valence electrons. The average Bonchev–Trinajstić information content (AvgIpc) is 2.43. The van der Waals surface area contributed by atoms with Gasteiger partial charge in [-0.25, -0.2) is 4.98 Å². The third-order valence-electron chi connectivity index (χ3n) is 2.76. The summed E-state index contributed by atoms with van der Waals surface area (Å²) < 4.78 is 0. The fraction of sp³-hybridized carbons (Fsp3) is 0.200. The number of nitrogens with zero attached hydrogens (tertiary/aromatic N) is 1. The van der Waals surface area contributed by atoms with E-state index in [2.05, 4.69) is 16.2 Å². The zero-order valence-electron chi connectivity index (χ0n) is 10.5. The number of nitrogen functional groups attached to an aromatic ring is 1. The fourth-order valence-electron chi connectivity index (χ4n) is 1.80. The second-order valence-corrected chi connectivity index (χ2v) is 4.18. The topological polar surface area (TPSA) is 68.0 Å². The van der Waals surface area contributed by atoms with E-state index in [9.17, 15) is 4.79 Å². The number of rotatable bonds is 4. The van der Waals surface area contributed by atoms with Crippen LogP contribution in [0.2, 0.25) is 0 Å². The molecule has 4 heteroatoms. The normalized spacial score (nSPS) is 10.1. The first kappa shape index (κ1) is 12.9. The molecule has 0 fully saturated rings. The van der Waals surface area contributed by atoms with E-state index in [-0.39, 0.29) is 5.91 Å². The molecule has 0 saturated carbocycles. The summed E-state index contributed by atoms with van der Waals surface area (Å²) in [6.07, 6.45) is 6.55. The zero-order valence-corrected chi connectivity index (χ0v) is 10.5. The van der Waals surface area contributed by atoms with Crippen LogP contribution >= 0.6 is 0 Å². The highest BCUT2D eigenvalue weighted by Gasteiger charge is 2.09. The van der Waals surface area contributed by atoms with Gasteiger partial charge in [0, 0.05) is 24.0 Å². The Morgan fingerprint density at radius 1 is 1.42 bits per heavy atom. The van der Waals surface area contributed by atoms with Gasteiger partial charge in [0.05, 0.1) is 5.52 Å².